The Labute approximate surface area is 164 Å². The zero-order valence-corrected chi connectivity index (χ0v) is 16.2. The molecule has 28 heavy (non-hydrogen) atoms. The fourth-order valence-electron chi connectivity index (χ4n) is 3.27. The van der Waals surface area contributed by atoms with Crippen LogP contribution in [0.5, 0.6) is 0 Å². The molecular formula is C20H25O7P. The van der Waals surface area contributed by atoms with Crippen molar-refractivity contribution in [2.24, 2.45) is 0 Å². The highest BCUT2D eigenvalue weighted by molar-refractivity contribution is 7.51. The van der Waals surface area contributed by atoms with E-state index in [1.807, 2.05) is 60.7 Å². The minimum absolute atomic E-state index is 0.246. The lowest BCUT2D eigenvalue weighted by molar-refractivity contribution is -0.0828. The van der Waals surface area contributed by atoms with Gasteiger partial charge in [0.15, 0.2) is 0 Å². The van der Waals surface area contributed by atoms with Gasteiger partial charge in [-0.05, 0) is 11.1 Å². The summed E-state index contributed by atoms with van der Waals surface area (Å²) in [6.07, 6.45) is -3.45. The SMILES string of the molecule is O=P(O)(O)C[C@@H]1O[C@H](CO)[C@@H](OCc2ccccc2)[C@@H]1OCc1ccccc1. The van der Waals surface area contributed by atoms with Gasteiger partial charge in [0.05, 0.1) is 32.1 Å². The predicted molar refractivity (Wildman–Crippen MR) is 103 cm³/mol. The van der Waals surface area contributed by atoms with Crippen molar-refractivity contribution in [3.8, 4) is 0 Å². The number of aliphatic hydroxyl groups is 1. The van der Waals surface area contributed by atoms with Gasteiger partial charge in [0.2, 0.25) is 0 Å². The van der Waals surface area contributed by atoms with Gasteiger partial charge >= 0.3 is 7.60 Å². The first kappa shape index (κ1) is 21.1. The van der Waals surface area contributed by atoms with Crippen LogP contribution in [0.3, 0.4) is 0 Å². The smallest absolute Gasteiger partial charge is 0.328 e. The van der Waals surface area contributed by atoms with Crippen molar-refractivity contribution < 1.29 is 33.7 Å². The molecule has 1 aliphatic rings. The third kappa shape index (κ3) is 5.96. The van der Waals surface area contributed by atoms with Gasteiger partial charge in [0, 0.05) is 0 Å². The topological polar surface area (TPSA) is 105 Å². The van der Waals surface area contributed by atoms with Crippen molar-refractivity contribution in [2.75, 3.05) is 12.8 Å². The van der Waals surface area contributed by atoms with Gasteiger partial charge in [-0.2, -0.15) is 0 Å². The fourth-order valence-corrected chi connectivity index (χ4v) is 4.03. The fraction of sp³-hybridized carbons (Fsp3) is 0.400. The first-order valence-corrected chi connectivity index (χ1v) is 10.9. The van der Waals surface area contributed by atoms with Gasteiger partial charge in [-0.3, -0.25) is 4.57 Å². The van der Waals surface area contributed by atoms with Crippen LogP contribution in [-0.2, 0) is 32.0 Å². The molecule has 1 heterocycles. The largest absolute Gasteiger partial charge is 0.394 e. The summed E-state index contributed by atoms with van der Waals surface area (Å²) in [5.74, 6) is 0. The first-order valence-electron chi connectivity index (χ1n) is 9.08. The van der Waals surface area contributed by atoms with E-state index in [4.69, 9.17) is 14.2 Å². The number of hydrogen-bond acceptors (Lipinski definition) is 5. The minimum atomic E-state index is -4.33. The Hall–Kier alpha value is -1.57. The molecule has 1 fully saturated rings. The molecule has 2 aromatic carbocycles. The summed E-state index contributed by atoms with van der Waals surface area (Å²) in [6, 6.07) is 19.0. The molecule has 1 aliphatic heterocycles. The Morgan fingerprint density at radius 1 is 0.821 bits per heavy atom. The van der Waals surface area contributed by atoms with E-state index in [0.717, 1.165) is 11.1 Å². The van der Waals surface area contributed by atoms with Crippen LogP contribution in [-0.4, -0.2) is 52.1 Å². The molecule has 0 unspecified atom stereocenters. The number of aliphatic hydroxyl groups excluding tert-OH is 1. The Kier molecular flexibility index (Phi) is 7.37. The average molecular weight is 408 g/mol. The molecule has 1 saturated heterocycles. The van der Waals surface area contributed by atoms with Gasteiger partial charge in [0.25, 0.3) is 0 Å². The zero-order valence-electron chi connectivity index (χ0n) is 15.3. The lowest BCUT2D eigenvalue weighted by atomic mass is 10.1. The summed E-state index contributed by atoms with van der Waals surface area (Å²) in [5.41, 5.74) is 1.87. The van der Waals surface area contributed by atoms with Crippen molar-refractivity contribution in [3.63, 3.8) is 0 Å². The summed E-state index contributed by atoms with van der Waals surface area (Å²) in [4.78, 5) is 18.8. The first-order chi connectivity index (χ1) is 13.5. The van der Waals surface area contributed by atoms with Crippen molar-refractivity contribution in [2.45, 2.75) is 37.6 Å². The Bertz CT molecular complexity index is 765. The molecule has 0 aromatic heterocycles. The highest BCUT2D eigenvalue weighted by Crippen LogP contribution is 2.40. The number of ether oxygens (including phenoxy) is 3. The van der Waals surface area contributed by atoms with Crippen molar-refractivity contribution in [3.05, 3.63) is 71.8 Å². The van der Waals surface area contributed by atoms with E-state index in [2.05, 4.69) is 0 Å². The molecule has 8 heteroatoms. The summed E-state index contributed by atoms with van der Waals surface area (Å²) in [5, 5.41) is 9.70. The Balaban J connectivity index is 1.74. The standard InChI is InChI=1S/C20H25O7P/c21-11-17-19(25-12-15-7-3-1-4-8-15)20(18(27-17)14-28(22,23)24)26-13-16-9-5-2-6-10-16/h1-10,17-21H,11-14H2,(H2,22,23,24)/t17-,18+,19-,20-/m1/s1. The van der Waals surface area contributed by atoms with E-state index in [-0.39, 0.29) is 19.8 Å². The molecule has 0 bridgehead atoms. The van der Waals surface area contributed by atoms with Gasteiger partial charge in [-0.15, -0.1) is 0 Å². The maximum Gasteiger partial charge on any atom is 0.328 e. The van der Waals surface area contributed by atoms with Crippen molar-refractivity contribution >= 4 is 7.60 Å². The highest BCUT2D eigenvalue weighted by Gasteiger charge is 2.48. The second kappa shape index (κ2) is 9.76. The summed E-state index contributed by atoms with van der Waals surface area (Å²) >= 11 is 0. The van der Waals surface area contributed by atoms with Crippen LogP contribution in [0.25, 0.3) is 0 Å². The summed E-state index contributed by atoms with van der Waals surface area (Å²) in [6.45, 7) is 0.192. The molecule has 4 atom stereocenters. The molecular weight excluding hydrogens is 383 g/mol. The zero-order chi connectivity index (χ0) is 20.0. The lowest BCUT2D eigenvalue weighted by Gasteiger charge is -2.25. The normalized spacial score (nSPS) is 25.1. The maximum absolute atomic E-state index is 11.5. The molecule has 3 N–H and O–H groups in total. The molecule has 7 nitrogen and oxygen atoms in total. The number of benzene rings is 2. The molecule has 0 amide bonds. The molecule has 0 spiro atoms. The van der Waals surface area contributed by atoms with Crippen LogP contribution in [0.4, 0.5) is 0 Å². The molecule has 152 valence electrons. The summed E-state index contributed by atoms with van der Waals surface area (Å²) in [7, 11) is -4.33. The molecule has 0 saturated carbocycles. The summed E-state index contributed by atoms with van der Waals surface area (Å²) < 4.78 is 29.2. The van der Waals surface area contributed by atoms with Gasteiger partial charge in [-0.1, -0.05) is 60.7 Å². The van der Waals surface area contributed by atoms with Gasteiger partial charge < -0.3 is 29.1 Å². The monoisotopic (exact) mass is 408 g/mol. The molecule has 2 aromatic rings. The lowest BCUT2D eigenvalue weighted by Crippen LogP contribution is -2.39. The van der Waals surface area contributed by atoms with Crippen LogP contribution in [0.2, 0.25) is 0 Å². The van der Waals surface area contributed by atoms with E-state index in [9.17, 15) is 19.5 Å². The predicted octanol–water partition coefficient (Wildman–Crippen LogP) is 2.09. The van der Waals surface area contributed by atoms with Crippen LogP contribution in [0.1, 0.15) is 11.1 Å². The second-order valence-electron chi connectivity index (χ2n) is 6.77. The van der Waals surface area contributed by atoms with E-state index in [1.54, 1.807) is 0 Å². The van der Waals surface area contributed by atoms with Crippen molar-refractivity contribution in [1.82, 2.24) is 0 Å². The number of hydrogen-bond donors (Lipinski definition) is 3. The van der Waals surface area contributed by atoms with Crippen LogP contribution in [0, 0.1) is 0 Å². The number of rotatable bonds is 9. The second-order valence-corrected chi connectivity index (χ2v) is 8.46. The van der Waals surface area contributed by atoms with E-state index >= 15 is 0 Å². The van der Waals surface area contributed by atoms with Crippen LogP contribution < -0.4 is 0 Å². The van der Waals surface area contributed by atoms with Gasteiger partial charge in [0.1, 0.15) is 18.3 Å². The minimum Gasteiger partial charge on any atom is -0.394 e. The van der Waals surface area contributed by atoms with Crippen LogP contribution in [0.15, 0.2) is 60.7 Å². The van der Waals surface area contributed by atoms with Crippen LogP contribution >= 0.6 is 7.60 Å². The van der Waals surface area contributed by atoms with E-state index in [1.165, 1.54) is 0 Å². The average Bonchev–Trinajstić information content (AvgIpc) is 3.01. The molecule has 0 radical (unpaired) electrons. The van der Waals surface area contributed by atoms with Gasteiger partial charge in [-0.25, -0.2) is 0 Å². The van der Waals surface area contributed by atoms with E-state index in [0.29, 0.717) is 0 Å². The quantitative estimate of drug-likeness (QED) is 0.546. The third-order valence-corrected chi connectivity index (χ3v) is 5.41. The molecule has 0 aliphatic carbocycles. The highest BCUT2D eigenvalue weighted by atomic mass is 31.2. The maximum atomic E-state index is 11.5. The Morgan fingerprint density at radius 3 is 1.71 bits per heavy atom. The van der Waals surface area contributed by atoms with Crippen molar-refractivity contribution in [1.29, 1.82) is 0 Å². The van der Waals surface area contributed by atoms with E-state index < -0.39 is 38.2 Å². The molecule has 3 rings (SSSR count). The third-order valence-electron chi connectivity index (χ3n) is 4.57. The Morgan fingerprint density at radius 2 is 1.29 bits per heavy atom.